The van der Waals surface area contributed by atoms with E-state index in [4.69, 9.17) is 0 Å². The molecule has 1 aromatic carbocycles. The highest BCUT2D eigenvalue weighted by molar-refractivity contribution is 5.19. The molecule has 0 aliphatic rings. The summed E-state index contributed by atoms with van der Waals surface area (Å²) < 4.78 is 26.3. The summed E-state index contributed by atoms with van der Waals surface area (Å²) in [6, 6.07) is 3.57. The van der Waals surface area contributed by atoms with Crippen LogP contribution < -0.4 is 0 Å². The summed E-state index contributed by atoms with van der Waals surface area (Å²) in [6.07, 6.45) is 0. The SMILES string of the molecule is O=[N+]([O-])C(F)(c1ccccc1F)[N+](=O)[O-]. The van der Waals surface area contributed by atoms with Crippen molar-refractivity contribution in [3.05, 3.63) is 55.9 Å². The predicted octanol–water partition coefficient (Wildman–Crippen LogP) is 1.46. The third kappa shape index (κ3) is 1.60. The highest BCUT2D eigenvalue weighted by atomic mass is 19.2. The topological polar surface area (TPSA) is 86.3 Å². The summed E-state index contributed by atoms with van der Waals surface area (Å²) in [4.78, 5) is 16.9. The average molecular weight is 218 g/mol. The molecular formula is C7H4F2N2O4. The van der Waals surface area contributed by atoms with Crippen molar-refractivity contribution in [1.29, 1.82) is 0 Å². The maximum absolute atomic E-state index is 13.4. The van der Waals surface area contributed by atoms with Crippen molar-refractivity contribution in [2.45, 2.75) is 5.92 Å². The lowest BCUT2D eigenvalue weighted by molar-refractivity contribution is -0.846. The average Bonchev–Trinajstić information content (AvgIpc) is 2.16. The van der Waals surface area contributed by atoms with Crippen LogP contribution in [-0.2, 0) is 5.92 Å². The van der Waals surface area contributed by atoms with Crippen molar-refractivity contribution in [3.63, 3.8) is 0 Å². The Morgan fingerprint density at radius 3 is 2.00 bits per heavy atom. The number of rotatable bonds is 3. The zero-order chi connectivity index (χ0) is 11.6. The molecule has 8 heteroatoms. The maximum atomic E-state index is 13.4. The van der Waals surface area contributed by atoms with Gasteiger partial charge in [0.2, 0.25) is 0 Å². The van der Waals surface area contributed by atoms with Gasteiger partial charge in [0.05, 0.1) is 0 Å². The molecule has 0 aliphatic heterocycles. The van der Waals surface area contributed by atoms with E-state index in [-0.39, 0.29) is 0 Å². The predicted molar refractivity (Wildman–Crippen MR) is 43.2 cm³/mol. The Kier molecular flexibility index (Phi) is 2.60. The van der Waals surface area contributed by atoms with Crippen LogP contribution in [0.15, 0.2) is 24.3 Å². The largest absolute Gasteiger partial charge is 0.645 e. The molecule has 0 atom stereocenters. The Morgan fingerprint density at radius 1 is 1.13 bits per heavy atom. The fourth-order valence-corrected chi connectivity index (χ4v) is 0.983. The van der Waals surface area contributed by atoms with Crippen molar-refractivity contribution in [2.75, 3.05) is 0 Å². The molecule has 15 heavy (non-hydrogen) atoms. The fourth-order valence-electron chi connectivity index (χ4n) is 0.983. The van der Waals surface area contributed by atoms with Crippen LogP contribution in [0.3, 0.4) is 0 Å². The fraction of sp³-hybridized carbons (Fsp3) is 0.143. The van der Waals surface area contributed by atoms with Gasteiger partial charge in [-0.1, -0.05) is 16.5 Å². The number of alkyl halides is 1. The van der Waals surface area contributed by atoms with E-state index in [0.29, 0.717) is 12.1 Å². The van der Waals surface area contributed by atoms with Gasteiger partial charge in [-0.2, -0.15) is 0 Å². The van der Waals surface area contributed by atoms with Crippen LogP contribution in [0, 0.1) is 26.0 Å². The molecule has 0 aromatic heterocycles. The lowest BCUT2D eigenvalue weighted by Gasteiger charge is -2.08. The van der Waals surface area contributed by atoms with Crippen LogP contribution in [-0.4, -0.2) is 9.85 Å². The first kappa shape index (κ1) is 11.0. The number of hydrogen-bond donors (Lipinski definition) is 0. The summed E-state index contributed by atoms with van der Waals surface area (Å²) in [5.41, 5.74) is -1.22. The maximum Gasteiger partial charge on any atom is 0.645 e. The Hall–Kier alpha value is -2.12. The van der Waals surface area contributed by atoms with E-state index in [2.05, 4.69) is 0 Å². The van der Waals surface area contributed by atoms with E-state index < -0.39 is 27.1 Å². The molecular weight excluding hydrogens is 214 g/mol. The van der Waals surface area contributed by atoms with Crippen LogP contribution in [0.25, 0.3) is 0 Å². The molecule has 0 N–H and O–H groups in total. The number of nitro groups is 2. The van der Waals surface area contributed by atoms with Gasteiger partial charge < -0.3 is 0 Å². The number of benzene rings is 1. The minimum Gasteiger partial charge on any atom is -0.256 e. The van der Waals surface area contributed by atoms with Crippen LogP contribution in [0.1, 0.15) is 5.56 Å². The van der Waals surface area contributed by atoms with Crippen LogP contribution in [0.4, 0.5) is 8.78 Å². The van der Waals surface area contributed by atoms with Gasteiger partial charge in [-0.05, 0) is 12.1 Å². The lowest BCUT2D eigenvalue weighted by Crippen LogP contribution is -2.39. The molecule has 1 rings (SSSR count). The molecule has 80 valence electrons. The molecule has 0 spiro atoms. The summed E-state index contributed by atoms with van der Waals surface area (Å²) in [5, 5.41) is 20.5. The van der Waals surface area contributed by atoms with Crippen molar-refractivity contribution >= 4 is 0 Å². The number of halogens is 2. The highest BCUT2D eigenvalue weighted by Gasteiger charge is 2.61. The third-order valence-corrected chi connectivity index (χ3v) is 1.70. The quantitative estimate of drug-likeness (QED) is 0.332. The van der Waals surface area contributed by atoms with Gasteiger partial charge >= 0.3 is 5.92 Å². The molecule has 0 amide bonds. The first-order valence-corrected chi connectivity index (χ1v) is 3.63. The Labute approximate surface area is 81.4 Å². The van der Waals surface area contributed by atoms with Crippen LogP contribution in [0.2, 0.25) is 0 Å². The molecule has 0 aliphatic carbocycles. The van der Waals surface area contributed by atoms with Gasteiger partial charge in [-0.3, -0.25) is 20.2 Å². The highest BCUT2D eigenvalue weighted by Crippen LogP contribution is 2.29. The van der Waals surface area contributed by atoms with E-state index >= 15 is 0 Å². The zero-order valence-electron chi connectivity index (χ0n) is 7.09. The van der Waals surface area contributed by atoms with Crippen molar-refractivity contribution in [1.82, 2.24) is 0 Å². The third-order valence-electron chi connectivity index (χ3n) is 1.70. The molecule has 1 aromatic rings. The minimum atomic E-state index is -4.15. The Morgan fingerprint density at radius 2 is 1.60 bits per heavy atom. The van der Waals surface area contributed by atoms with E-state index in [1.54, 1.807) is 0 Å². The Balaban J connectivity index is 3.41. The van der Waals surface area contributed by atoms with Gasteiger partial charge in [0.25, 0.3) is 0 Å². The Bertz CT molecular complexity index is 409. The van der Waals surface area contributed by atoms with Gasteiger partial charge in [0, 0.05) is 0 Å². The van der Waals surface area contributed by atoms with Gasteiger partial charge in [-0.15, -0.1) is 0 Å². The first-order valence-electron chi connectivity index (χ1n) is 3.63. The van der Waals surface area contributed by atoms with Gasteiger partial charge in [0.15, 0.2) is 5.56 Å². The summed E-state index contributed by atoms with van der Waals surface area (Å²) >= 11 is 0. The van der Waals surface area contributed by atoms with Gasteiger partial charge in [-0.25, -0.2) is 4.39 Å². The standard InChI is InChI=1S/C7H4F2N2O4/c8-6-4-2-1-3-5(6)7(9,10(12)13)11(14)15/h1-4H. The van der Waals surface area contributed by atoms with E-state index in [9.17, 15) is 29.0 Å². The molecule has 0 heterocycles. The van der Waals surface area contributed by atoms with E-state index in [1.807, 2.05) is 0 Å². The van der Waals surface area contributed by atoms with Crippen molar-refractivity contribution in [3.8, 4) is 0 Å². The first-order chi connectivity index (χ1) is 6.90. The lowest BCUT2D eigenvalue weighted by atomic mass is 10.1. The molecule has 0 bridgehead atoms. The molecule has 0 radical (unpaired) electrons. The molecule has 6 nitrogen and oxygen atoms in total. The smallest absolute Gasteiger partial charge is 0.256 e. The van der Waals surface area contributed by atoms with E-state index in [1.165, 1.54) is 0 Å². The van der Waals surface area contributed by atoms with Crippen molar-refractivity contribution < 1.29 is 18.6 Å². The van der Waals surface area contributed by atoms with E-state index in [0.717, 1.165) is 12.1 Å². The summed E-state index contributed by atoms with van der Waals surface area (Å²) in [5.74, 6) is -5.49. The summed E-state index contributed by atoms with van der Waals surface area (Å²) in [7, 11) is 0. The number of hydrogen-bond acceptors (Lipinski definition) is 4. The van der Waals surface area contributed by atoms with Crippen LogP contribution >= 0.6 is 0 Å². The second kappa shape index (κ2) is 3.56. The normalized spacial score (nSPS) is 11.1. The zero-order valence-corrected chi connectivity index (χ0v) is 7.09. The summed E-state index contributed by atoms with van der Waals surface area (Å²) in [6.45, 7) is 0. The monoisotopic (exact) mass is 218 g/mol. The molecule has 0 saturated carbocycles. The minimum absolute atomic E-state index is 0.654. The number of nitrogens with zero attached hydrogens (tertiary/aromatic N) is 2. The second-order valence-electron chi connectivity index (χ2n) is 2.58. The van der Waals surface area contributed by atoms with Gasteiger partial charge in [0.1, 0.15) is 15.7 Å². The van der Waals surface area contributed by atoms with Crippen LogP contribution in [0.5, 0.6) is 0 Å². The molecule has 0 fully saturated rings. The second-order valence-corrected chi connectivity index (χ2v) is 2.58. The van der Waals surface area contributed by atoms with Crippen molar-refractivity contribution in [2.24, 2.45) is 0 Å². The molecule has 0 saturated heterocycles. The molecule has 0 unspecified atom stereocenters.